The molecule has 0 saturated heterocycles. The van der Waals surface area contributed by atoms with Gasteiger partial charge >= 0.3 is 29.6 Å². The van der Waals surface area contributed by atoms with E-state index in [0.717, 1.165) is 13.1 Å². The van der Waals surface area contributed by atoms with Gasteiger partial charge in [-0.05, 0) is 0 Å². The van der Waals surface area contributed by atoms with E-state index in [0.29, 0.717) is 13.1 Å². The number of carboxylic acids is 1. The van der Waals surface area contributed by atoms with Crippen LogP contribution in [0.2, 0.25) is 0 Å². The molecule has 0 aromatic heterocycles. The Hall–Kier alpha value is 0.350. The number of hydrogen-bond donors (Lipinski definition) is 3. The average Bonchev–Trinajstić information content (AvgIpc) is 1.96. The molecule has 0 atom stereocenters. The van der Waals surface area contributed by atoms with Crippen molar-refractivity contribution in [2.24, 2.45) is 5.73 Å². The van der Waals surface area contributed by atoms with Gasteiger partial charge < -0.3 is 26.3 Å². The maximum absolute atomic E-state index is 9.87. The van der Waals surface area contributed by atoms with Gasteiger partial charge in [-0.2, -0.15) is 0 Å². The Kier molecular flexibility index (Phi) is 14.0. The maximum Gasteiger partial charge on any atom is 1.00 e. The summed E-state index contributed by atoms with van der Waals surface area (Å²) in [5.41, 5.74) is 5.20. The Morgan fingerprint density at radius 3 is 2.33 bits per heavy atom. The number of rotatable bonds is 7. The summed E-state index contributed by atoms with van der Waals surface area (Å²) >= 11 is 0. The fraction of sp³-hybridized carbons (Fsp3) is 0.833. The summed E-state index contributed by atoms with van der Waals surface area (Å²) in [5.74, 6) is -1.08. The van der Waals surface area contributed by atoms with Crippen LogP contribution in [0.3, 0.4) is 0 Å². The van der Waals surface area contributed by atoms with E-state index in [1.165, 1.54) is 0 Å². The van der Waals surface area contributed by atoms with Gasteiger partial charge in [0.25, 0.3) is 0 Å². The Balaban J connectivity index is 0. The standard InChI is InChI=1S/C6H15N3O2.Na/c7-1-2-8-3-4-9-5-6(10)11;/h8-9H,1-5,7H2,(H,10,11);/q;+1/p-1. The van der Waals surface area contributed by atoms with Crippen molar-refractivity contribution in [3.05, 3.63) is 0 Å². The first-order valence-corrected chi connectivity index (χ1v) is 3.58. The second-order valence-electron chi connectivity index (χ2n) is 2.09. The van der Waals surface area contributed by atoms with Crippen molar-refractivity contribution in [3.63, 3.8) is 0 Å². The summed E-state index contributed by atoms with van der Waals surface area (Å²) in [4.78, 5) is 9.87. The summed E-state index contributed by atoms with van der Waals surface area (Å²) in [5, 5.41) is 15.6. The van der Waals surface area contributed by atoms with Crippen molar-refractivity contribution in [3.8, 4) is 0 Å². The predicted molar refractivity (Wildman–Crippen MR) is 39.8 cm³/mol. The molecule has 6 heteroatoms. The summed E-state index contributed by atoms with van der Waals surface area (Å²) in [6.07, 6.45) is 0. The molecule has 0 heterocycles. The predicted octanol–water partition coefficient (Wildman–Crippen LogP) is -6.12. The fourth-order valence-corrected chi connectivity index (χ4v) is 0.594. The quantitative estimate of drug-likeness (QED) is 0.270. The first kappa shape index (κ1) is 14.9. The van der Waals surface area contributed by atoms with Crippen LogP contribution in [-0.2, 0) is 4.79 Å². The van der Waals surface area contributed by atoms with Gasteiger partial charge in [-0.3, -0.25) is 0 Å². The van der Waals surface area contributed by atoms with Crippen LogP contribution in [-0.4, -0.2) is 38.7 Å². The van der Waals surface area contributed by atoms with E-state index >= 15 is 0 Å². The van der Waals surface area contributed by atoms with Crippen LogP contribution in [0.25, 0.3) is 0 Å². The maximum atomic E-state index is 9.87. The second-order valence-corrected chi connectivity index (χ2v) is 2.09. The number of nitrogens with one attached hydrogen (secondary N) is 2. The molecule has 0 unspecified atom stereocenters. The topological polar surface area (TPSA) is 90.2 Å². The molecule has 66 valence electrons. The van der Waals surface area contributed by atoms with E-state index in [1.807, 2.05) is 0 Å². The van der Waals surface area contributed by atoms with Crippen LogP contribution in [0.1, 0.15) is 0 Å². The van der Waals surface area contributed by atoms with Gasteiger partial charge in [0.2, 0.25) is 0 Å². The summed E-state index contributed by atoms with van der Waals surface area (Å²) < 4.78 is 0. The molecule has 0 amide bonds. The average molecular weight is 183 g/mol. The third-order valence-electron chi connectivity index (χ3n) is 1.07. The smallest absolute Gasteiger partial charge is 0.549 e. The molecule has 0 spiro atoms. The minimum atomic E-state index is -1.08. The first-order valence-electron chi connectivity index (χ1n) is 3.58. The van der Waals surface area contributed by atoms with Crippen LogP contribution >= 0.6 is 0 Å². The van der Waals surface area contributed by atoms with Gasteiger partial charge in [-0.1, -0.05) is 0 Å². The molecule has 0 aliphatic rings. The van der Waals surface area contributed by atoms with Gasteiger partial charge in [-0.15, -0.1) is 0 Å². The SMILES string of the molecule is NCCNCCNCC(=O)[O-].[Na+]. The molecule has 0 saturated carbocycles. The monoisotopic (exact) mass is 183 g/mol. The minimum absolute atomic E-state index is 0. The van der Waals surface area contributed by atoms with Crippen molar-refractivity contribution < 1.29 is 39.5 Å². The zero-order valence-electron chi connectivity index (χ0n) is 7.43. The molecule has 0 bridgehead atoms. The Labute approximate surface area is 94.4 Å². The molecule has 0 aromatic carbocycles. The molecule has 0 aliphatic heterocycles. The minimum Gasteiger partial charge on any atom is -0.549 e. The van der Waals surface area contributed by atoms with Crippen molar-refractivity contribution in [2.45, 2.75) is 0 Å². The van der Waals surface area contributed by atoms with Crippen molar-refractivity contribution in [1.29, 1.82) is 0 Å². The van der Waals surface area contributed by atoms with E-state index in [2.05, 4.69) is 10.6 Å². The van der Waals surface area contributed by atoms with Crippen molar-refractivity contribution in [1.82, 2.24) is 10.6 Å². The zero-order valence-corrected chi connectivity index (χ0v) is 9.43. The third-order valence-corrected chi connectivity index (χ3v) is 1.07. The van der Waals surface area contributed by atoms with E-state index in [9.17, 15) is 9.90 Å². The first-order chi connectivity index (χ1) is 5.27. The van der Waals surface area contributed by atoms with Gasteiger partial charge in [0.15, 0.2) is 0 Å². The molecule has 4 N–H and O–H groups in total. The van der Waals surface area contributed by atoms with Crippen LogP contribution in [0.4, 0.5) is 0 Å². The van der Waals surface area contributed by atoms with Gasteiger partial charge in [0.1, 0.15) is 0 Å². The summed E-state index contributed by atoms with van der Waals surface area (Å²) in [6, 6.07) is 0. The van der Waals surface area contributed by atoms with Crippen LogP contribution in [0, 0.1) is 0 Å². The molecular weight excluding hydrogens is 169 g/mol. The molecule has 5 nitrogen and oxygen atoms in total. The van der Waals surface area contributed by atoms with Crippen molar-refractivity contribution >= 4 is 5.97 Å². The Bertz CT molecular complexity index is 113. The number of hydrogen-bond acceptors (Lipinski definition) is 5. The number of carboxylic acid groups (broad SMARTS) is 1. The van der Waals surface area contributed by atoms with Crippen LogP contribution in [0.15, 0.2) is 0 Å². The molecular formula is C6H14N3NaO2. The molecule has 0 rings (SSSR count). The number of aliphatic carboxylic acids is 1. The zero-order chi connectivity index (χ0) is 8.53. The Morgan fingerprint density at radius 2 is 1.83 bits per heavy atom. The third kappa shape index (κ3) is 13.0. The number of nitrogens with two attached hydrogens (primary N) is 1. The summed E-state index contributed by atoms with van der Waals surface area (Å²) in [6.45, 7) is 2.61. The number of carbonyl (C=O) groups excluding carboxylic acids is 1. The van der Waals surface area contributed by atoms with E-state index in [-0.39, 0.29) is 36.1 Å². The van der Waals surface area contributed by atoms with Crippen LogP contribution < -0.4 is 51.0 Å². The molecule has 0 aromatic rings. The molecule has 0 fully saturated rings. The summed E-state index contributed by atoms with van der Waals surface area (Å²) in [7, 11) is 0. The fourth-order valence-electron chi connectivity index (χ4n) is 0.594. The van der Waals surface area contributed by atoms with Gasteiger partial charge in [-0.25, -0.2) is 0 Å². The van der Waals surface area contributed by atoms with Gasteiger partial charge in [0, 0.05) is 32.7 Å². The number of carbonyl (C=O) groups is 1. The van der Waals surface area contributed by atoms with Crippen molar-refractivity contribution in [2.75, 3.05) is 32.7 Å². The van der Waals surface area contributed by atoms with Gasteiger partial charge in [0.05, 0.1) is 5.97 Å². The molecule has 12 heavy (non-hydrogen) atoms. The van der Waals surface area contributed by atoms with E-state index < -0.39 is 5.97 Å². The largest absolute Gasteiger partial charge is 1.00 e. The molecule has 0 radical (unpaired) electrons. The van der Waals surface area contributed by atoms with E-state index in [4.69, 9.17) is 5.73 Å². The Morgan fingerprint density at radius 1 is 1.25 bits per heavy atom. The second kappa shape index (κ2) is 11.4. The molecule has 0 aliphatic carbocycles. The normalized spacial score (nSPS) is 9.08. The van der Waals surface area contributed by atoms with Crippen LogP contribution in [0.5, 0.6) is 0 Å². The van der Waals surface area contributed by atoms with E-state index in [1.54, 1.807) is 0 Å².